The summed E-state index contributed by atoms with van der Waals surface area (Å²) in [5, 5.41) is 4.01. The molecule has 0 saturated carbocycles. The lowest BCUT2D eigenvalue weighted by Crippen LogP contribution is -2.21. The number of ether oxygens (including phenoxy) is 3. The lowest BCUT2D eigenvalue weighted by molar-refractivity contribution is -0.135. The first kappa shape index (κ1) is 22.4. The van der Waals surface area contributed by atoms with E-state index in [1.165, 1.54) is 20.3 Å². The molecule has 8 heteroatoms. The van der Waals surface area contributed by atoms with Gasteiger partial charge >= 0.3 is 5.97 Å². The van der Waals surface area contributed by atoms with Crippen molar-refractivity contribution >= 4 is 40.2 Å². The lowest BCUT2D eigenvalue weighted by atomic mass is 10.0. The van der Waals surface area contributed by atoms with Crippen molar-refractivity contribution in [1.82, 2.24) is 4.98 Å². The molecule has 0 amide bonds. The fourth-order valence-electron chi connectivity index (χ4n) is 2.62. The summed E-state index contributed by atoms with van der Waals surface area (Å²) in [6.07, 6.45) is 4.89. The van der Waals surface area contributed by atoms with E-state index in [2.05, 4.69) is 16.3 Å². The number of aromatic nitrogens is 1. The van der Waals surface area contributed by atoms with Gasteiger partial charge in [-0.25, -0.2) is 9.78 Å². The van der Waals surface area contributed by atoms with Crippen molar-refractivity contribution in [2.24, 2.45) is 10.9 Å². The third-order valence-corrected chi connectivity index (χ3v) is 6.38. The Morgan fingerprint density at radius 1 is 1.36 bits per heavy atom. The topological polar surface area (TPSA) is 70.0 Å². The molecule has 0 fully saturated rings. The minimum atomic E-state index is -0.462. The average molecular weight is 423 g/mol. The Morgan fingerprint density at radius 2 is 2.11 bits per heavy atom. The van der Waals surface area contributed by atoms with Crippen LogP contribution in [0.2, 0.25) is 0 Å². The Balaban J connectivity index is 2.09. The SMILES string of the molecule is C=C(C)C1=NC(c2nc(/C=C/C(OC)C(C)/C(=C\C(=O)OC)OC)cs2)CS1. The highest BCUT2D eigenvalue weighted by Crippen LogP contribution is 2.34. The molecule has 0 spiro atoms. The minimum Gasteiger partial charge on any atom is -0.500 e. The number of thiazole rings is 1. The highest BCUT2D eigenvalue weighted by Gasteiger charge is 2.23. The highest BCUT2D eigenvalue weighted by atomic mass is 32.2. The molecule has 0 N–H and O–H groups in total. The van der Waals surface area contributed by atoms with E-state index in [9.17, 15) is 4.79 Å². The number of esters is 1. The van der Waals surface area contributed by atoms with Gasteiger partial charge in [0.05, 0.1) is 37.1 Å². The van der Waals surface area contributed by atoms with E-state index in [1.807, 2.05) is 31.4 Å². The first-order chi connectivity index (χ1) is 13.4. The molecule has 1 aliphatic heterocycles. The number of nitrogens with zero attached hydrogens (tertiary/aromatic N) is 2. The van der Waals surface area contributed by atoms with Crippen LogP contribution >= 0.6 is 23.1 Å². The third kappa shape index (κ3) is 5.80. The maximum absolute atomic E-state index is 11.5. The van der Waals surface area contributed by atoms with Gasteiger partial charge in [-0.05, 0) is 18.6 Å². The van der Waals surface area contributed by atoms with Crippen LogP contribution in [0.5, 0.6) is 0 Å². The average Bonchev–Trinajstić information content (AvgIpc) is 3.35. The Hall–Kier alpha value is -1.90. The number of hydrogen-bond acceptors (Lipinski definition) is 8. The van der Waals surface area contributed by atoms with Crippen LogP contribution in [0.25, 0.3) is 6.08 Å². The Kier molecular flexibility index (Phi) is 8.47. The molecule has 1 aliphatic rings. The largest absolute Gasteiger partial charge is 0.500 e. The summed E-state index contributed by atoms with van der Waals surface area (Å²) in [5.74, 6) is 0.756. The molecule has 2 rings (SSSR count). The van der Waals surface area contributed by atoms with Crippen molar-refractivity contribution in [2.75, 3.05) is 27.1 Å². The van der Waals surface area contributed by atoms with E-state index in [0.717, 1.165) is 27.1 Å². The zero-order valence-corrected chi connectivity index (χ0v) is 18.4. The number of carbonyl (C=O) groups excluding carboxylic acids is 1. The van der Waals surface area contributed by atoms with Gasteiger partial charge in [0.25, 0.3) is 0 Å². The smallest absolute Gasteiger partial charge is 0.333 e. The molecule has 0 radical (unpaired) electrons. The van der Waals surface area contributed by atoms with Crippen LogP contribution in [0, 0.1) is 5.92 Å². The number of aliphatic imine (C=N–C) groups is 1. The normalized spacial score (nSPS) is 19.4. The number of rotatable bonds is 9. The van der Waals surface area contributed by atoms with Crippen LogP contribution in [-0.2, 0) is 19.0 Å². The zero-order chi connectivity index (χ0) is 20.7. The second-order valence-corrected chi connectivity index (χ2v) is 8.17. The van der Waals surface area contributed by atoms with E-state index in [1.54, 1.807) is 30.2 Å². The Labute approximate surface area is 174 Å². The molecule has 28 heavy (non-hydrogen) atoms. The Bertz CT molecular complexity index is 798. The molecule has 1 aromatic heterocycles. The fraction of sp³-hybridized carbons (Fsp3) is 0.450. The molecule has 0 saturated heterocycles. The van der Waals surface area contributed by atoms with E-state index in [-0.39, 0.29) is 18.1 Å². The van der Waals surface area contributed by atoms with Crippen LogP contribution < -0.4 is 0 Å². The van der Waals surface area contributed by atoms with Crippen molar-refractivity contribution in [2.45, 2.75) is 26.0 Å². The van der Waals surface area contributed by atoms with Crippen molar-refractivity contribution in [3.63, 3.8) is 0 Å². The van der Waals surface area contributed by atoms with Crippen LogP contribution in [0.4, 0.5) is 0 Å². The quantitative estimate of drug-likeness (QED) is 0.336. The summed E-state index contributed by atoms with van der Waals surface area (Å²) in [5.41, 5.74) is 1.85. The lowest BCUT2D eigenvalue weighted by Gasteiger charge is -2.21. The standard InChI is InChI=1S/C20H26N2O4S2/c1-12(2)19-22-15(11-28-19)20-21-14(10-27-20)7-8-16(24-4)13(3)17(25-5)9-18(23)26-6/h7-10,13,15-16H,1,11H2,2-6H3/b8-7+,17-9+. The van der Waals surface area contributed by atoms with E-state index in [0.29, 0.717) is 5.76 Å². The van der Waals surface area contributed by atoms with Gasteiger partial charge in [-0.1, -0.05) is 19.6 Å². The molecule has 3 atom stereocenters. The van der Waals surface area contributed by atoms with Gasteiger partial charge in [-0.3, -0.25) is 4.99 Å². The maximum Gasteiger partial charge on any atom is 0.333 e. The minimum absolute atomic E-state index is 0.0871. The molecule has 0 aliphatic carbocycles. The van der Waals surface area contributed by atoms with Crippen LogP contribution in [-0.4, -0.2) is 49.2 Å². The maximum atomic E-state index is 11.5. The molecule has 3 unspecified atom stereocenters. The van der Waals surface area contributed by atoms with E-state index in [4.69, 9.17) is 14.5 Å². The predicted octanol–water partition coefficient (Wildman–Crippen LogP) is 4.27. The van der Waals surface area contributed by atoms with Crippen molar-refractivity contribution in [1.29, 1.82) is 0 Å². The van der Waals surface area contributed by atoms with Gasteiger partial charge < -0.3 is 14.2 Å². The Morgan fingerprint density at radius 3 is 2.68 bits per heavy atom. The zero-order valence-electron chi connectivity index (χ0n) is 16.8. The molecule has 0 aromatic carbocycles. The molecular weight excluding hydrogens is 396 g/mol. The summed E-state index contributed by atoms with van der Waals surface area (Å²) in [6, 6.07) is 0.0871. The van der Waals surface area contributed by atoms with Gasteiger partial charge in [0.2, 0.25) is 0 Å². The van der Waals surface area contributed by atoms with Gasteiger partial charge in [-0.2, -0.15) is 0 Å². The molecular formula is C20H26N2O4S2. The number of hydrogen-bond donors (Lipinski definition) is 0. The van der Waals surface area contributed by atoms with Crippen LogP contribution in [0.15, 0.2) is 40.4 Å². The summed E-state index contributed by atoms with van der Waals surface area (Å²) in [4.78, 5) is 20.9. The number of thioether (sulfide) groups is 1. The van der Waals surface area contributed by atoms with Gasteiger partial charge in [0.1, 0.15) is 16.8 Å². The van der Waals surface area contributed by atoms with Crippen molar-refractivity contribution < 1.29 is 19.0 Å². The van der Waals surface area contributed by atoms with Crippen LogP contribution in [0.1, 0.15) is 30.6 Å². The highest BCUT2D eigenvalue weighted by molar-refractivity contribution is 8.14. The summed E-state index contributed by atoms with van der Waals surface area (Å²) >= 11 is 3.32. The first-order valence-electron chi connectivity index (χ1n) is 8.76. The molecule has 0 bridgehead atoms. The second-order valence-electron chi connectivity index (χ2n) is 6.27. The first-order valence-corrected chi connectivity index (χ1v) is 10.6. The van der Waals surface area contributed by atoms with E-state index >= 15 is 0 Å². The number of methoxy groups -OCH3 is 3. The second kappa shape index (κ2) is 10.6. The molecule has 152 valence electrons. The van der Waals surface area contributed by atoms with E-state index < -0.39 is 5.97 Å². The van der Waals surface area contributed by atoms with Gasteiger partial charge in [-0.15, -0.1) is 23.1 Å². The molecule has 6 nitrogen and oxygen atoms in total. The van der Waals surface area contributed by atoms with Crippen molar-refractivity contribution in [3.8, 4) is 0 Å². The predicted molar refractivity (Wildman–Crippen MR) is 116 cm³/mol. The fourth-order valence-corrected chi connectivity index (χ4v) is 4.55. The molecule has 2 heterocycles. The van der Waals surface area contributed by atoms with Crippen molar-refractivity contribution in [3.05, 3.63) is 46.1 Å². The van der Waals surface area contributed by atoms with Crippen LogP contribution in [0.3, 0.4) is 0 Å². The molecule has 1 aromatic rings. The summed E-state index contributed by atoms with van der Waals surface area (Å²) < 4.78 is 15.6. The van der Waals surface area contributed by atoms with Gasteiger partial charge in [0, 0.05) is 24.2 Å². The summed E-state index contributed by atoms with van der Waals surface area (Å²) in [6.45, 7) is 7.85. The monoisotopic (exact) mass is 422 g/mol. The third-order valence-electron chi connectivity index (χ3n) is 4.21. The number of carbonyl (C=O) groups is 1. The van der Waals surface area contributed by atoms with Gasteiger partial charge in [0.15, 0.2) is 0 Å². The summed E-state index contributed by atoms with van der Waals surface area (Å²) in [7, 11) is 4.47.